The zero-order valence-electron chi connectivity index (χ0n) is 15.9. The first-order chi connectivity index (χ1) is 14.4. The first-order valence-corrected chi connectivity index (χ1v) is 10.3. The molecule has 2 heterocycles. The summed E-state index contributed by atoms with van der Waals surface area (Å²) >= 11 is 1.59. The van der Waals surface area contributed by atoms with Crippen molar-refractivity contribution in [2.75, 3.05) is 13.1 Å². The average molecular weight is 429 g/mol. The van der Waals surface area contributed by atoms with Gasteiger partial charge in [-0.25, -0.2) is 9.78 Å². The molecule has 1 fully saturated rings. The van der Waals surface area contributed by atoms with Gasteiger partial charge in [0.05, 0.1) is 28.4 Å². The predicted octanol–water partition coefficient (Wildman–Crippen LogP) is 5.21. The van der Waals surface area contributed by atoms with Crippen molar-refractivity contribution in [3.05, 3.63) is 64.7 Å². The molecule has 4 rings (SSSR count). The lowest BCUT2D eigenvalue weighted by Gasteiger charge is -2.22. The standard InChI is InChI=1S/C22H18F3N3OS/c23-22(24,25)16-8-3-6-15(14-16)7-4-12-26-21(29)28-13-5-10-18(28)20-27-17-9-1-2-11-19(17)30-20/h1-3,6,8-9,11,14,18H,5,10,12-13H2,(H,26,29). The van der Waals surface area contributed by atoms with Gasteiger partial charge >= 0.3 is 12.2 Å². The zero-order chi connectivity index (χ0) is 21.1. The van der Waals surface area contributed by atoms with Crippen LogP contribution in [0.5, 0.6) is 0 Å². The van der Waals surface area contributed by atoms with E-state index in [0.717, 1.165) is 40.2 Å². The number of alkyl halides is 3. The lowest BCUT2D eigenvalue weighted by molar-refractivity contribution is -0.137. The molecule has 1 aromatic heterocycles. The topological polar surface area (TPSA) is 45.2 Å². The number of nitrogens with zero attached hydrogens (tertiary/aromatic N) is 2. The van der Waals surface area contributed by atoms with E-state index in [2.05, 4.69) is 22.1 Å². The third-order valence-corrected chi connectivity index (χ3v) is 6.00. The second kappa shape index (κ2) is 8.36. The number of thiazole rings is 1. The van der Waals surface area contributed by atoms with E-state index in [4.69, 9.17) is 0 Å². The second-order valence-electron chi connectivity index (χ2n) is 6.91. The fourth-order valence-electron chi connectivity index (χ4n) is 3.44. The summed E-state index contributed by atoms with van der Waals surface area (Å²) in [7, 11) is 0. The highest BCUT2D eigenvalue weighted by Gasteiger charge is 2.32. The quantitative estimate of drug-likeness (QED) is 0.568. The van der Waals surface area contributed by atoms with Gasteiger partial charge in [-0.15, -0.1) is 11.3 Å². The number of aromatic nitrogens is 1. The lowest BCUT2D eigenvalue weighted by Crippen LogP contribution is -2.39. The third-order valence-electron chi connectivity index (χ3n) is 4.86. The molecule has 1 N–H and O–H groups in total. The van der Waals surface area contributed by atoms with Crippen LogP contribution in [-0.2, 0) is 6.18 Å². The van der Waals surface area contributed by atoms with Crippen molar-refractivity contribution < 1.29 is 18.0 Å². The van der Waals surface area contributed by atoms with Gasteiger partial charge in [-0.2, -0.15) is 13.2 Å². The van der Waals surface area contributed by atoms with Crippen LogP contribution < -0.4 is 5.32 Å². The molecule has 0 bridgehead atoms. The summed E-state index contributed by atoms with van der Waals surface area (Å²) < 4.78 is 39.4. The Morgan fingerprint density at radius 1 is 1.23 bits per heavy atom. The van der Waals surface area contributed by atoms with Gasteiger partial charge in [0.2, 0.25) is 0 Å². The molecule has 0 spiro atoms. The Labute approximate surface area is 175 Å². The van der Waals surface area contributed by atoms with Crippen LogP contribution >= 0.6 is 11.3 Å². The lowest BCUT2D eigenvalue weighted by atomic mass is 10.1. The summed E-state index contributed by atoms with van der Waals surface area (Å²) in [5.74, 6) is 5.39. The van der Waals surface area contributed by atoms with Gasteiger partial charge in [0.15, 0.2) is 0 Å². The van der Waals surface area contributed by atoms with E-state index in [9.17, 15) is 18.0 Å². The number of hydrogen-bond donors (Lipinski definition) is 1. The summed E-state index contributed by atoms with van der Waals surface area (Å²) in [6.45, 7) is 0.686. The molecular weight excluding hydrogens is 411 g/mol. The van der Waals surface area contributed by atoms with E-state index in [1.165, 1.54) is 12.1 Å². The van der Waals surface area contributed by atoms with Gasteiger partial charge in [-0.1, -0.05) is 30.0 Å². The first-order valence-electron chi connectivity index (χ1n) is 9.48. The van der Waals surface area contributed by atoms with Gasteiger partial charge < -0.3 is 10.2 Å². The van der Waals surface area contributed by atoms with Crippen molar-refractivity contribution in [3.8, 4) is 11.8 Å². The molecule has 1 aliphatic rings. The molecule has 8 heteroatoms. The van der Waals surface area contributed by atoms with Gasteiger partial charge in [0, 0.05) is 12.1 Å². The summed E-state index contributed by atoms with van der Waals surface area (Å²) in [6, 6.07) is 12.4. The molecule has 2 amide bonds. The van der Waals surface area contributed by atoms with E-state index >= 15 is 0 Å². The van der Waals surface area contributed by atoms with Crippen molar-refractivity contribution in [2.24, 2.45) is 0 Å². The first kappa shape index (κ1) is 20.2. The van der Waals surface area contributed by atoms with Crippen molar-refractivity contribution >= 4 is 27.6 Å². The molecule has 2 aromatic carbocycles. The molecule has 3 aromatic rings. The maximum absolute atomic E-state index is 12.8. The summed E-state index contributed by atoms with van der Waals surface area (Å²) in [5.41, 5.74) is 0.443. The predicted molar refractivity (Wildman–Crippen MR) is 110 cm³/mol. The molecule has 1 unspecified atom stereocenters. The van der Waals surface area contributed by atoms with Crippen molar-refractivity contribution in [1.29, 1.82) is 0 Å². The number of hydrogen-bond acceptors (Lipinski definition) is 3. The van der Waals surface area contributed by atoms with Crippen LogP contribution in [0.15, 0.2) is 48.5 Å². The number of rotatable bonds is 2. The second-order valence-corrected chi connectivity index (χ2v) is 7.97. The minimum atomic E-state index is -4.41. The number of likely N-dealkylation sites (tertiary alicyclic amines) is 1. The molecule has 154 valence electrons. The van der Waals surface area contributed by atoms with Crippen LogP contribution in [0.4, 0.5) is 18.0 Å². The number of benzene rings is 2. The van der Waals surface area contributed by atoms with Crippen molar-refractivity contribution in [1.82, 2.24) is 15.2 Å². The summed E-state index contributed by atoms with van der Waals surface area (Å²) in [4.78, 5) is 19.0. The normalized spacial score (nSPS) is 16.4. The Hall–Kier alpha value is -3.05. The molecular formula is C22H18F3N3OS. The Balaban J connectivity index is 1.39. The van der Waals surface area contributed by atoms with Crippen LogP contribution in [-0.4, -0.2) is 29.0 Å². The number of urea groups is 1. The Morgan fingerprint density at radius 3 is 2.87 bits per heavy atom. The Kier molecular flexibility index (Phi) is 5.64. The monoisotopic (exact) mass is 429 g/mol. The Morgan fingerprint density at radius 2 is 2.07 bits per heavy atom. The highest BCUT2D eigenvalue weighted by atomic mass is 32.1. The van der Waals surface area contributed by atoms with Crippen LogP contribution in [0.1, 0.15) is 35.0 Å². The number of amides is 2. The molecule has 1 atom stereocenters. The highest BCUT2D eigenvalue weighted by molar-refractivity contribution is 7.18. The average Bonchev–Trinajstić information content (AvgIpc) is 3.37. The van der Waals surface area contributed by atoms with Crippen LogP contribution in [0.25, 0.3) is 10.2 Å². The molecule has 0 saturated carbocycles. The fraction of sp³-hybridized carbons (Fsp3) is 0.273. The van der Waals surface area contributed by atoms with Crippen molar-refractivity contribution in [3.63, 3.8) is 0 Å². The zero-order valence-corrected chi connectivity index (χ0v) is 16.7. The maximum atomic E-state index is 12.8. The number of nitrogens with one attached hydrogen (secondary N) is 1. The summed E-state index contributed by atoms with van der Waals surface area (Å²) in [6.07, 6.45) is -2.66. The molecule has 4 nitrogen and oxygen atoms in total. The minimum absolute atomic E-state index is 0.0537. The van der Waals surface area contributed by atoms with Gasteiger partial charge in [0.25, 0.3) is 0 Å². The minimum Gasteiger partial charge on any atom is -0.327 e. The van der Waals surface area contributed by atoms with Gasteiger partial charge in [-0.05, 0) is 43.2 Å². The Bertz CT molecular complexity index is 1100. The number of carbonyl (C=O) groups excluding carboxylic acids is 1. The number of halogens is 3. The number of carbonyl (C=O) groups is 1. The summed E-state index contributed by atoms with van der Waals surface area (Å²) in [5, 5.41) is 3.66. The van der Waals surface area contributed by atoms with E-state index in [1.807, 2.05) is 24.3 Å². The molecule has 0 radical (unpaired) electrons. The van der Waals surface area contributed by atoms with Crippen LogP contribution in [0, 0.1) is 11.8 Å². The van der Waals surface area contributed by atoms with Crippen LogP contribution in [0.2, 0.25) is 0 Å². The molecule has 0 aliphatic carbocycles. The highest BCUT2D eigenvalue weighted by Crippen LogP contribution is 2.36. The molecule has 1 saturated heterocycles. The van der Waals surface area contributed by atoms with E-state index in [1.54, 1.807) is 16.2 Å². The third kappa shape index (κ3) is 4.41. The van der Waals surface area contributed by atoms with Gasteiger partial charge in [0.1, 0.15) is 5.01 Å². The van der Waals surface area contributed by atoms with Crippen molar-refractivity contribution in [2.45, 2.75) is 25.1 Å². The molecule has 1 aliphatic heterocycles. The number of fused-ring (bicyclic) bond motifs is 1. The number of para-hydroxylation sites is 1. The smallest absolute Gasteiger partial charge is 0.327 e. The fourth-order valence-corrected chi connectivity index (χ4v) is 4.56. The van der Waals surface area contributed by atoms with Crippen LogP contribution in [0.3, 0.4) is 0 Å². The SMILES string of the molecule is O=C(NCC#Cc1cccc(C(F)(F)F)c1)N1CCCC1c1nc2ccccc2s1. The van der Waals surface area contributed by atoms with E-state index < -0.39 is 11.7 Å². The molecule has 30 heavy (non-hydrogen) atoms. The maximum Gasteiger partial charge on any atom is 0.416 e. The van der Waals surface area contributed by atoms with Gasteiger partial charge in [-0.3, -0.25) is 0 Å². The van der Waals surface area contributed by atoms with E-state index in [0.29, 0.717) is 6.54 Å². The largest absolute Gasteiger partial charge is 0.416 e. The van der Waals surface area contributed by atoms with E-state index in [-0.39, 0.29) is 24.2 Å².